The van der Waals surface area contributed by atoms with Crippen molar-refractivity contribution in [2.75, 3.05) is 29.9 Å². The smallest absolute Gasteiger partial charge is 0.321 e. The van der Waals surface area contributed by atoms with Crippen molar-refractivity contribution >= 4 is 23.5 Å². The van der Waals surface area contributed by atoms with E-state index in [9.17, 15) is 4.79 Å². The summed E-state index contributed by atoms with van der Waals surface area (Å²) in [5, 5.41) is 2.91. The first-order valence-electron chi connectivity index (χ1n) is 6.55. The van der Waals surface area contributed by atoms with Crippen LogP contribution in [0.25, 0.3) is 0 Å². The molecule has 2 rings (SSSR count). The zero-order valence-electron chi connectivity index (χ0n) is 11.4. The first kappa shape index (κ1) is 14.1. The number of thioether (sulfide) groups is 1. The molecule has 1 N–H and O–H groups in total. The van der Waals surface area contributed by atoms with Crippen LogP contribution in [0.3, 0.4) is 0 Å². The molecule has 1 aromatic rings. The lowest BCUT2D eigenvalue weighted by molar-refractivity contribution is 0.217. The average molecular weight is 280 g/mol. The standard InChI is InChI=1S/C14H20N2O2S/c1-11(2)18-13-5-3-12(4-6-13)15-14(17)16-7-9-19-10-8-16/h3-6,11H,7-10H2,1-2H3,(H,15,17). The largest absolute Gasteiger partial charge is 0.491 e. The summed E-state index contributed by atoms with van der Waals surface area (Å²) in [4.78, 5) is 13.9. The van der Waals surface area contributed by atoms with Crippen LogP contribution in [0.15, 0.2) is 24.3 Å². The molecule has 0 spiro atoms. The Hall–Kier alpha value is -1.36. The Labute approximate surface area is 118 Å². The maximum absolute atomic E-state index is 12.0. The fourth-order valence-corrected chi connectivity index (χ4v) is 2.76. The summed E-state index contributed by atoms with van der Waals surface area (Å²) < 4.78 is 5.56. The molecule has 1 fully saturated rings. The number of nitrogens with zero attached hydrogens (tertiary/aromatic N) is 1. The van der Waals surface area contributed by atoms with Crippen LogP contribution >= 0.6 is 11.8 Å². The second-order valence-electron chi connectivity index (χ2n) is 4.72. The van der Waals surface area contributed by atoms with E-state index >= 15 is 0 Å². The predicted molar refractivity (Wildman–Crippen MR) is 80.1 cm³/mol. The lowest BCUT2D eigenvalue weighted by atomic mass is 10.3. The lowest BCUT2D eigenvalue weighted by Crippen LogP contribution is -2.40. The number of nitrogens with one attached hydrogen (secondary N) is 1. The van der Waals surface area contributed by atoms with Crippen molar-refractivity contribution in [3.8, 4) is 5.75 Å². The molecule has 1 aliphatic rings. The molecule has 1 aromatic carbocycles. The molecule has 0 aliphatic carbocycles. The monoisotopic (exact) mass is 280 g/mol. The van der Waals surface area contributed by atoms with Crippen LogP contribution in [0.4, 0.5) is 10.5 Å². The van der Waals surface area contributed by atoms with Gasteiger partial charge in [0.05, 0.1) is 6.10 Å². The second-order valence-corrected chi connectivity index (χ2v) is 5.95. The van der Waals surface area contributed by atoms with Crippen LogP contribution in [0.1, 0.15) is 13.8 Å². The van der Waals surface area contributed by atoms with Crippen molar-refractivity contribution in [2.45, 2.75) is 20.0 Å². The summed E-state index contributed by atoms with van der Waals surface area (Å²) >= 11 is 1.89. The number of amides is 2. The van der Waals surface area contributed by atoms with Gasteiger partial charge in [-0.05, 0) is 38.1 Å². The molecule has 0 atom stereocenters. The van der Waals surface area contributed by atoms with Gasteiger partial charge >= 0.3 is 6.03 Å². The molecule has 2 amide bonds. The van der Waals surface area contributed by atoms with Crippen LogP contribution < -0.4 is 10.1 Å². The molecule has 1 saturated heterocycles. The molecule has 1 heterocycles. The molecule has 0 unspecified atom stereocenters. The van der Waals surface area contributed by atoms with Gasteiger partial charge in [-0.25, -0.2) is 4.79 Å². The van der Waals surface area contributed by atoms with Gasteiger partial charge in [0.15, 0.2) is 0 Å². The Morgan fingerprint density at radius 1 is 1.26 bits per heavy atom. The van der Waals surface area contributed by atoms with Crippen molar-refractivity contribution in [3.63, 3.8) is 0 Å². The predicted octanol–water partition coefficient (Wildman–Crippen LogP) is 3.05. The van der Waals surface area contributed by atoms with E-state index in [1.165, 1.54) is 0 Å². The van der Waals surface area contributed by atoms with Crippen molar-refractivity contribution in [3.05, 3.63) is 24.3 Å². The van der Waals surface area contributed by atoms with E-state index in [4.69, 9.17) is 4.74 Å². The fourth-order valence-electron chi connectivity index (χ4n) is 1.86. The van der Waals surface area contributed by atoms with Crippen LogP contribution in [0.5, 0.6) is 5.75 Å². The molecule has 0 radical (unpaired) electrons. The number of ether oxygens (including phenoxy) is 1. The zero-order chi connectivity index (χ0) is 13.7. The van der Waals surface area contributed by atoms with Gasteiger partial charge in [0.2, 0.25) is 0 Å². The molecule has 1 aliphatic heterocycles. The maximum atomic E-state index is 12.0. The molecule has 104 valence electrons. The molecular formula is C14H20N2O2S. The van der Waals surface area contributed by atoms with Gasteiger partial charge in [0.25, 0.3) is 0 Å². The SMILES string of the molecule is CC(C)Oc1ccc(NC(=O)N2CCSCC2)cc1. The molecular weight excluding hydrogens is 260 g/mol. The number of carbonyl (C=O) groups is 1. The topological polar surface area (TPSA) is 41.6 Å². The first-order chi connectivity index (χ1) is 9.15. The first-order valence-corrected chi connectivity index (χ1v) is 7.71. The summed E-state index contributed by atoms with van der Waals surface area (Å²) in [7, 11) is 0. The number of hydrogen-bond donors (Lipinski definition) is 1. The Balaban J connectivity index is 1.89. The van der Waals surface area contributed by atoms with Crippen LogP contribution in [0, 0.1) is 0 Å². The summed E-state index contributed by atoms with van der Waals surface area (Å²) in [6.07, 6.45) is 0.159. The third-order valence-electron chi connectivity index (χ3n) is 2.78. The number of benzene rings is 1. The highest BCUT2D eigenvalue weighted by molar-refractivity contribution is 7.99. The molecule has 0 aromatic heterocycles. The molecule has 5 heteroatoms. The highest BCUT2D eigenvalue weighted by Crippen LogP contribution is 2.18. The molecule has 0 saturated carbocycles. The minimum atomic E-state index is -0.0159. The number of anilines is 1. The van der Waals surface area contributed by atoms with E-state index in [0.29, 0.717) is 0 Å². The highest BCUT2D eigenvalue weighted by atomic mass is 32.2. The second kappa shape index (κ2) is 6.70. The summed E-state index contributed by atoms with van der Waals surface area (Å²) in [5.41, 5.74) is 0.805. The number of hydrogen-bond acceptors (Lipinski definition) is 3. The minimum Gasteiger partial charge on any atom is -0.491 e. The van der Waals surface area contributed by atoms with Gasteiger partial charge in [-0.15, -0.1) is 0 Å². The quantitative estimate of drug-likeness (QED) is 0.925. The van der Waals surface area contributed by atoms with Gasteiger partial charge < -0.3 is 15.0 Å². The third kappa shape index (κ3) is 4.35. The molecule has 4 nitrogen and oxygen atoms in total. The molecule has 19 heavy (non-hydrogen) atoms. The molecule has 0 bridgehead atoms. The van der Waals surface area contributed by atoms with Crippen molar-refractivity contribution in [2.24, 2.45) is 0 Å². The summed E-state index contributed by atoms with van der Waals surface area (Å²) in [6, 6.07) is 7.48. The van der Waals surface area contributed by atoms with E-state index in [0.717, 1.165) is 36.0 Å². The number of urea groups is 1. The van der Waals surface area contributed by atoms with E-state index < -0.39 is 0 Å². The van der Waals surface area contributed by atoms with Gasteiger partial charge in [0.1, 0.15) is 5.75 Å². The Morgan fingerprint density at radius 2 is 1.89 bits per heavy atom. The average Bonchev–Trinajstić information content (AvgIpc) is 2.41. The van der Waals surface area contributed by atoms with Crippen molar-refractivity contribution < 1.29 is 9.53 Å². The Bertz CT molecular complexity index is 414. The minimum absolute atomic E-state index is 0.0159. The van der Waals surface area contributed by atoms with Gasteiger partial charge in [-0.1, -0.05) is 0 Å². The van der Waals surface area contributed by atoms with E-state index in [-0.39, 0.29) is 12.1 Å². The van der Waals surface area contributed by atoms with E-state index in [1.54, 1.807) is 0 Å². The van der Waals surface area contributed by atoms with E-state index in [2.05, 4.69) is 5.32 Å². The van der Waals surface area contributed by atoms with Gasteiger partial charge in [-0.3, -0.25) is 0 Å². The van der Waals surface area contributed by atoms with E-state index in [1.807, 2.05) is 54.8 Å². The normalized spacial score (nSPS) is 15.4. The van der Waals surface area contributed by atoms with Crippen molar-refractivity contribution in [1.82, 2.24) is 4.90 Å². The summed E-state index contributed by atoms with van der Waals surface area (Å²) in [6.45, 7) is 5.63. The fraction of sp³-hybridized carbons (Fsp3) is 0.500. The maximum Gasteiger partial charge on any atom is 0.321 e. The van der Waals surface area contributed by atoms with Crippen LogP contribution in [-0.2, 0) is 0 Å². The Morgan fingerprint density at radius 3 is 2.47 bits per heavy atom. The summed E-state index contributed by atoms with van der Waals surface area (Å²) in [5.74, 6) is 2.87. The van der Waals surface area contributed by atoms with Crippen molar-refractivity contribution in [1.29, 1.82) is 0 Å². The number of rotatable bonds is 3. The zero-order valence-corrected chi connectivity index (χ0v) is 12.2. The number of carbonyl (C=O) groups excluding carboxylic acids is 1. The van der Waals surface area contributed by atoms with Gasteiger partial charge in [0, 0.05) is 30.3 Å². The third-order valence-corrected chi connectivity index (χ3v) is 3.72. The Kier molecular flexibility index (Phi) is 4.96. The lowest BCUT2D eigenvalue weighted by Gasteiger charge is -2.26. The van der Waals surface area contributed by atoms with Gasteiger partial charge in [-0.2, -0.15) is 11.8 Å². The van der Waals surface area contributed by atoms with Crippen LogP contribution in [0.2, 0.25) is 0 Å². The highest BCUT2D eigenvalue weighted by Gasteiger charge is 2.16. The van der Waals surface area contributed by atoms with Crippen LogP contribution in [-0.4, -0.2) is 41.6 Å².